The van der Waals surface area contributed by atoms with Gasteiger partial charge in [-0.15, -0.1) is 11.3 Å². The second-order valence-electron chi connectivity index (χ2n) is 5.91. The van der Waals surface area contributed by atoms with Crippen molar-refractivity contribution in [1.82, 2.24) is 20.0 Å². The summed E-state index contributed by atoms with van der Waals surface area (Å²) in [6.45, 7) is 4.84. The van der Waals surface area contributed by atoms with Crippen LogP contribution in [0, 0.1) is 0 Å². The highest BCUT2D eigenvalue weighted by Crippen LogP contribution is 2.11. The number of imidazole rings is 1. The molecule has 2 N–H and O–H groups in total. The van der Waals surface area contributed by atoms with Gasteiger partial charge in [-0.2, -0.15) is 0 Å². The summed E-state index contributed by atoms with van der Waals surface area (Å²) in [7, 11) is 0. The molecule has 0 aliphatic carbocycles. The lowest BCUT2D eigenvalue weighted by Gasteiger charge is -2.20. The smallest absolute Gasteiger partial charge is 0.321 e. The van der Waals surface area contributed by atoms with Crippen molar-refractivity contribution in [2.45, 2.75) is 32.7 Å². The molecule has 0 bridgehead atoms. The predicted octanol–water partition coefficient (Wildman–Crippen LogP) is 1.11. The number of amides is 3. The van der Waals surface area contributed by atoms with E-state index in [-0.39, 0.29) is 6.42 Å². The quantitative estimate of drug-likeness (QED) is 0.813. The zero-order valence-electron chi connectivity index (χ0n) is 13.1. The number of nitrogens with one attached hydrogen (secondary N) is 2. The molecule has 0 unspecified atom stereocenters. The standard InChI is InChI=1S/C14H18N4O4S/c1-14(2,3)17-12(21)16-10(19)8-22-11(20)6-9-7-18-4-5-23-13(18)15-9/h4-5,7H,6,8H2,1-3H3,(H2,16,17,19,21). The maximum atomic E-state index is 11.7. The van der Waals surface area contributed by atoms with Crippen LogP contribution < -0.4 is 10.6 Å². The fraction of sp³-hybridized carbons (Fsp3) is 0.429. The van der Waals surface area contributed by atoms with E-state index in [4.69, 9.17) is 4.74 Å². The zero-order chi connectivity index (χ0) is 17.0. The fourth-order valence-electron chi connectivity index (χ4n) is 1.74. The van der Waals surface area contributed by atoms with Crippen LogP contribution in [0.1, 0.15) is 26.5 Å². The monoisotopic (exact) mass is 338 g/mol. The van der Waals surface area contributed by atoms with E-state index in [0.29, 0.717) is 5.69 Å². The molecule has 0 aliphatic heterocycles. The number of aromatic nitrogens is 2. The predicted molar refractivity (Wildman–Crippen MR) is 84.2 cm³/mol. The summed E-state index contributed by atoms with van der Waals surface area (Å²) in [5.74, 6) is -1.27. The van der Waals surface area contributed by atoms with Gasteiger partial charge in [0.2, 0.25) is 0 Å². The van der Waals surface area contributed by atoms with E-state index in [9.17, 15) is 14.4 Å². The lowest BCUT2D eigenvalue weighted by Crippen LogP contribution is -2.49. The van der Waals surface area contributed by atoms with Crippen molar-refractivity contribution in [2.24, 2.45) is 0 Å². The van der Waals surface area contributed by atoms with E-state index in [1.807, 2.05) is 11.6 Å². The number of fused-ring (bicyclic) bond motifs is 1. The number of hydrogen-bond donors (Lipinski definition) is 2. The van der Waals surface area contributed by atoms with Gasteiger partial charge in [0, 0.05) is 23.3 Å². The van der Waals surface area contributed by atoms with Gasteiger partial charge in [-0.3, -0.25) is 19.3 Å². The van der Waals surface area contributed by atoms with Crippen LogP contribution >= 0.6 is 11.3 Å². The van der Waals surface area contributed by atoms with Gasteiger partial charge in [0.25, 0.3) is 5.91 Å². The largest absolute Gasteiger partial charge is 0.455 e. The molecule has 0 spiro atoms. The molecule has 0 saturated carbocycles. The molecule has 9 heteroatoms. The Balaban J connectivity index is 1.74. The van der Waals surface area contributed by atoms with E-state index < -0.39 is 30.1 Å². The summed E-state index contributed by atoms with van der Waals surface area (Å²) in [5, 5.41) is 6.54. The summed E-state index contributed by atoms with van der Waals surface area (Å²) in [4.78, 5) is 39.7. The van der Waals surface area contributed by atoms with Crippen LogP contribution in [0.3, 0.4) is 0 Å². The maximum absolute atomic E-state index is 11.7. The number of ether oxygens (including phenoxy) is 1. The molecule has 2 heterocycles. The van der Waals surface area contributed by atoms with Crippen molar-refractivity contribution in [3.63, 3.8) is 0 Å². The van der Waals surface area contributed by atoms with Crippen LogP contribution in [0.4, 0.5) is 4.79 Å². The molecule has 2 aromatic rings. The van der Waals surface area contributed by atoms with E-state index in [2.05, 4.69) is 15.6 Å². The molecule has 2 aromatic heterocycles. The maximum Gasteiger partial charge on any atom is 0.321 e. The molecular formula is C14H18N4O4S. The number of urea groups is 1. The molecule has 3 amide bonds. The highest BCUT2D eigenvalue weighted by atomic mass is 32.1. The molecule has 2 rings (SSSR count). The SMILES string of the molecule is CC(C)(C)NC(=O)NC(=O)COC(=O)Cc1cn2ccsc2n1. The molecule has 8 nitrogen and oxygen atoms in total. The Morgan fingerprint density at radius 3 is 2.74 bits per heavy atom. The van der Waals surface area contributed by atoms with Crippen molar-refractivity contribution >= 4 is 34.2 Å². The van der Waals surface area contributed by atoms with Gasteiger partial charge in [-0.05, 0) is 20.8 Å². The van der Waals surface area contributed by atoms with E-state index in [0.717, 1.165) is 4.96 Å². The molecule has 23 heavy (non-hydrogen) atoms. The third kappa shape index (κ3) is 5.37. The van der Waals surface area contributed by atoms with Gasteiger partial charge in [0.15, 0.2) is 11.6 Å². The van der Waals surface area contributed by atoms with Gasteiger partial charge < -0.3 is 10.1 Å². The number of carbonyl (C=O) groups is 3. The van der Waals surface area contributed by atoms with E-state index in [1.165, 1.54) is 11.3 Å². The Kier molecular flexibility index (Phi) is 4.99. The van der Waals surface area contributed by atoms with Gasteiger partial charge in [-0.1, -0.05) is 0 Å². The number of thiazole rings is 1. The number of imide groups is 1. The minimum atomic E-state index is -0.689. The summed E-state index contributed by atoms with van der Waals surface area (Å²) in [5.41, 5.74) is 0.0994. The first-order chi connectivity index (χ1) is 10.7. The number of nitrogens with zero attached hydrogens (tertiary/aromatic N) is 2. The number of rotatable bonds is 4. The Bertz CT molecular complexity index is 700. The highest BCUT2D eigenvalue weighted by molar-refractivity contribution is 7.15. The Morgan fingerprint density at radius 2 is 2.09 bits per heavy atom. The molecular weight excluding hydrogens is 320 g/mol. The van der Waals surface area contributed by atoms with Crippen molar-refractivity contribution in [1.29, 1.82) is 0 Å². The average molecular weight is 338 g/mol. The third-order valence-electron chi connectivity index (χ3n) is 2.57. The number of esters is 1. The molecule has 0 atom stereocenters. The molecule has 0 aromatic carbocycles. The lowest BCUT2D eigenvalue weighted by atomic mass is 10.1. The minimum absolute atomic E-state index is 0.0319. The van der Waals surface area contributed by atoms with Crippen LogP contribution in [0.5, 0.6) is 0 Å². The Hall–Kier alpha value is -2.42. The van der Waals surface area contributed by atoms with Crippen molar-refractivity contribution in [3.05, 3.63) is 23.5 Å². The molecule has 0 fully saturated rings. The Labute approximate surface area is 136 Å². The van der Waals surface area contributed by atoms with Crippen LogP contribution in [0.25, 0.3) is 4.96 Å². The van der Waals surface area contributed by atoms with Crippen molar-refractivity contribution in [2.75, 3.05) is 6.61 Å². The lowest BCUT2D eigenvalue weighted by molar-refractivity contribution is -0.147. The summed E-state index contributed by atoms with van der Waals surface area (Å²) >= 11 is 1.46. The van der Waals surface area contributed by atoms with E-state index >= 15 is 0 Å². The third-order valence-corrected chi connectivity index (χ3v) is 3.35. The number of carbonyl (C=O) groups excluding carboxylic acids is 3. The van der Waals surface area contributed by atoms with Crippen molar-refractivity contribution < 1.29 is 19.1 Å². The van der Waals surface area contributed by atoms with Gasteiger partial charge >= 0.3 is 12.0 Å². The summed E-state index contributed by atoms with van der Waals surface area (Å²) in [6.07, 6.45) is 3.53. The van der Waals surface area contributed by atoms with Gasteiger partial charge in [0.1, 0.15) is 0 Å². The summed E-state index contributed by atoms with van der Waals surface area (Å²) in [6, 6.07) is -0.632. The molecule has 0 radical (unpaired) electrons. The van der Waals surface area contributed by atoms with Crippen LogP contribution in [0.2, 0.25) is 0 Å². The Morgan fingerprint density at radius 1 is 1.35 bits per heavy atom. The van der Waals surface area contributed by atoms with E-state index in [1.54, 1.807) is 31.4 Å². The first kappa shape index (κ1) is 16.9. The topological polar surface area (TPSA) is 102 Å². The van der Waals surface area contributed by atoms with Crippen LogP contribution in [-0.2, 0) is 20.7 Å². The highest BCUT2D eigenvalue weighted by Gasteiger charge is 2.17. The average Bonchev–Trinajstić information content (AvgIpc) is 2.94. The van der Waals surface area contributed by atoms with Crippen LogP contribution in [-0.4, -0.2) is 39.4 Å². The number of hydrogen-bond acceptors (Lipinski definition) is 6. The first-order valence-electron chi connectivity index (χ1n) is 6.91. The van der Waals surface area contributed by atoms with Crippen LogP contribution in [0.15, 0.2) is 17.8 Å². The second-order valence-corrected chi connectivity index (χ2v) is 6.79. The molecule has 124 valence electrons. The van der Waals surface area contributed by atoms with Crippen molar-refractivity contribution in [3.8, 4) is 0 Å². The normalized spacial score (nSPS) is 11.3. The zero-order valence-corrected chi connectivity index (χ0v) is 13.9. The molecule has 0 aliphatic rings. The fourth-order valence-corrected chi connectivity index (χ4v) is 2.46. The molecule has 0 saturated heterocycles. The first-order valence-corrected chi connectivity index (χ1v) is 7.79. The summed E-state index contributed by atoms with van der Waals surface area (Å²) < 4.78 is 6.64. The second kappa shape index (κ2) is 6.78. The minimum Gasteiger partial charge on any atom is -0.455 e. The van der Waals surface area contributed by atoms with Gasteiger partial charge in [-0.25, -0.2) is 9.78 Å². The van der Waals surface area contributed by atoms with Gasteiger partial charge in [0.05, 0.1) is 12.1 Å².